The molecular weight excluding hydrogens is 345 g/mol. The van der Waals surface area contributed by atoms with Crippen LogP contribution in [0.5, 0.6) is 0 Å². The summed E-state index contributed by atoms with van der Waals surface area (Å²) in [4.78, 5) is 13.9. The van der Waals surface area contributed by atoms with E-state index in [4.69, 9.17) is 4.42 Å². The molecule has 134 valence electrons. The van der Waals surface area contributed by atoms with Gasteiger partial charge in [0.15, 0.2) is 9.84 Å². The molecule has 0 aliphatic carbocycles. The Balaban J connectivity index is 1.78. The molecule has 1 saturated heterocycles. The van der Waals surface area contributed by atoms with Crippen molar-refractivity contribution in [1.82, 2.24) is 4.90 Å². The molecule has 1 aliphatic heterocycles. The highest BCUT2D eigenvalue weighted by Crippen LogP contribution is 2.25. The van der Waals surface area contributed by atoms with Crippen molar-refractivity contribution in [3.8, 4) is 11.3 Å². The maximum absolute atomic E-state index is 13.0. The number of hydrogen-bond acceptors (Lipinski definition) is 4. The van der Waals surface area contributed by atoms with Gasteiger partial charge >= 0.3 is 0 Å². The summed E-state index contributed by atoms with van der Waals surface area (Å²) in [7, 11) is -3.08. The fraction of sp³-hybridized carbons (Fsp3) is 0.389. The van der Waals surface area contributed by atoms with Crippen LogP contribution < -0.4 is 0 Å². The van der Waals surface area contributed by atoms with Crippen LogP contribution in [0.25, 0.3) is 11.3 Å². The van der Waals surface area contributed by atoms with E-state index >= 15 is 0 Å². The van der Waals surface area contributed by atoms with Crippen molar-refractivity contribution in [2.24, 2.45) is 0 Å². The van der Waals surface area contributed by atoms with Crippen molar-refractivity contribution in [2.45, 2.75) is 32.4 Å². The highest BCUT2D eigenvalue weighted by Gasteiger charge is 2.34. The lowest BCUT2D eigenvalue weighted by Crippen LogP contribution is -2.40. The van der Waals surface area contributed by atoms with E-state index in [0.29, 0.717) is 24.4 Å². The molecule has 2 aromatic rings. The zero-order chi connectivity index (χ0) is 18.0. The Bertz CT molecular complexity index is 857. The van der Waals surface area contributed by atoms with Crippen molar-refractivity contribution in [3.63, 3.8) is 0 Å². The van der Waals surface area contributed by atoms with Crippen molar-refractivity contribution < 1.29 is 22.0 Å². The molecule has 0 spiro atoms. The summed E-state index contributed by atoms with van der Waals surface area (Å²) < 4.78 is 42.3. The van der Waals surface area contributed by atoms with Gasteiger partial charge in [-0.2, -0.15) is 0 Å². The van der Waals surface area contributed by atoms with Gasteiger partial charge in [0.1, 0.15) is 17.3 Å². The summed E-state index contributed by atoms with van der Waals surface area (Å²) in [6, 6.07) is 9.17. The fourth-order valence-corrected chi connectivity index (χ4v) is 4.78. The van der Waals surface area contributed by atoms with Gasteiger partial charge in [-0.15, -0.1) is 0 Å². The van der Waals surface area contributed by atoms with Gasteiger partial charge < -0.3 is 9.32 Å². The van der Waals surface area contributed by atoms with Crippen LogP contribution in [-0.2, 0) is 21.2 Å². The Hall–Kier alpha value is -2.15. The number of nitrogens with zero attached hydrogens (tertiary/aromatic N) is 1. The largest absolute Gasteiger partial charge is 0.459 e. The van der Waals surface area contributed by atoms with E-state index in [1.807, 2.05) is 0 Å². The maximum Gasteiger partial charge on any atom is 0.222 e. The summed E-state index contributed by atoms with van der Waals surface area (Å²) >= 11 is 0. The smallest absolute Gasteiger partial charge is 0.222 e. The van der Waals surface area contributed by atoms with Crippen LogP contribution in [0.4, 0.5) is 4.39 Å². The summed E-state index contributed by atoms with van der Waals surface area (Å²) in [5, 5.41) is 0. The highest BCUT2D eigenvalue weighted by atomic mass is 32.2. The fourth-order valence-electron chi connectivity index (χ4n) is 3.05. The quantitative estimate of drug-likeness (QED) is 0.817. The van der Waals surface area contributed by atoms with Gasteiger partial charge in [-0.3, -0.25) is 4.79 Å². The SMILES string of the molecule is CCC(=O)N(Cc1ccc(-c2ccc(F)cc2)o1)C1CCS(=O)(=O)C1. The first-order valence-electron chi connectivity index (χ1n) is 8.22. The monoisotopic (exact) mass is 365 g/mol. The predicted octanol–water partition coefficient (Wildman–Crippen LogP) is 3.01. The second-order valence-electron chi connectivity index (χ2n) is 6.20. The van der Waals surface area contributed by atoms with Crippen LogP contribution in [0.3, 0.4) is 0 Å². The number of furan rings is 1. The van der Waals surface area contributed by atoms with Crippen LogP contribution in [-0.4, -0.2) is 36.8 Å². The highest BCUT2D eigenvalue weighted by molar-refractivity contribution is 7.91. The third-order valence-electron chi connectivity index (χ3n) is 4.39. The van der Waals surface area contributed by atoms with E-state index in [-0.39, 0.29) is 35.8 Å². The second-order valence-corrected chi connectivity index (χ2v) is 8.43. The van der Waals surface area contributed by atoms with Crippen molar-refractivity contribution in [2.75, 3.05) is 11.5 Å². The number of hydrogen-bond donors (Lipinski definition) is 0. The predicted molar refractivity (Wildman–Crippen MR) is 92.0 cm³/mol. The third kappa shape index (κ3) is 4.10. The Morgan fingerprint density at radius 3 is 2.56 bits per heavy atom. The number of halogens is 1. The van der Waals surface area contributed by atoms with E-state index in [9.17, 15) is 17.6 Å². The Morgan fingerprint density at radius 1 is 1.24 bits per heavy atom. The van der Waals surface area contributed by atoms with Crippen LogP contribution >= 0.6 is 0 Å². The Kier molecular flexibility index (Phi) is 4.94. The molecular formula is C18H20FNO4S. The minimum absolute atomic E-state index is 0.00423. The zero-order valence-corrected chi connectivity index (χ0v) is 14.8. The number of carbonyl (C=O) groups excluding carboxylic acids is 1. The number of benzene rings is 1. The molecule has 0 bridgehead atoms. The minimum Gasteiger partial charge on any atom is -0.459 e. The van der Waals surface area contributed by atoms with Crippen molar-refractivity contribution >= 4 is 15.7 Å². The lowest BCUT2D eigenvalue weighted by atomic mass is 10.2. The van der Waals surface area contributed by atoms with Gasteiger partial charge in [-0.1, -0.05) is 6.92 Å². The molecule has 3 rings (SSSR count). The molecule has 1 fully saturated rings. The molecule has 0 saturated carbocycles. The summed E-state index contributed by atoms with van der Waals surface area (Å²) in [5.74, 6) is 0.858. The molecule has 1 atom stereocenters. The van der Waals surface area contributed by atoms with Crippen LogP contribution in [0, 0.1) is 5.82 Å². The maximum atomic E-state index is 13.0. The topological polar surface area (TPSA) is 67.6 Å². The van der Waals surface area contributed by atoms with E-state index in [0.717, 1.165) is 5.56 Å². The number of carbonyl (C=O) groups is 1. The molecule has 5 nitrogen and oxygen atoms in total. The molecule has 1 aromatic carbocycles. The van der Waals surface area contributed by atoms with E-state index in [1.54, 1.807) is 36.1 Å². The molecule has 0 N–H and O–H groups in total. The Labute approximate surface area is 146 Å². The average molecular weight is 365 g/mol. The van der Waals surface area contributed by atoms with E-state index in [2.05, 4.69) is 0 Å². The summed E-state index contributed by atoms with van der Waals surface area (Å²) in [6.45, 7) is 1.99. The second kappa shape index (κ2) is 7.00. The third-order valence-corrected chi connectivity index (χ3v) is 6.14. The van der Waals surface area contributed by atoms with Gasteiger partial charge in [0, 0.05) is 18.0 Å². The lowest BCUT2D eigenvalue weighted by molar-refractivity contribution is -0.133. The normalized spacial score (nSPS) is 19.0. The first-order valence-corrected chi connectivity index (χ1v) is 10.0. The molecule has 25 heavy (non-hydrogen) atoms. The van der Waals surface area contributed by atoms with Crippen LogP contribution in [0.1, 0.15) is 25.5 Å². The molecule has 1 aliphatic rings. The van der Waals surface area contributed by atoms with Gasteiger partial charge in [0.2, 0.25) is 5.91 Å². The lowest BCUT2D eigenvalue weighted by Gasteiger charge is -2.27. The van der Waals surface area contributed by atoms with Crippen LogP contribution in [0.15, 0.2) is 40.8 Å². The van der Waals surface area contributed by atoms with Crippen molar-refractivity contribution in [3.05, 3.63) is 48.0 Å². The molecule has 7 heteroatoms. The number of rotatable bonds is 5. The van der Waals surface area contributed by atoms with Gasteiger partial charge in [0.05, 0.1) is 18.1 Å². The standard InChI is InChI=1S/C18H20FNO4S/c1-2-18(21)20(15-9-10-25(22,23)12-15)11-16-7-8-17(24-16)13-3-5-14(19)6-4-13/h3-8,15H,2,9-12H2,1H3. The number of sulfone groups is 1. The molecule has 1 unspecified atom stereocenters. The van der Waals surface area contributed by atoms with E-state index in [1.165, 1.54) is 12.1 Å². The van der Waals surface area contributed by atoms with E-state index < -0.39 is 9.84 Å². The summed E-state index contributed by atoms with van der Waals surface area (Å²) in [5.41, 5.74) is 0.740. The first kappa shape index (κ1) is 17.7. The Morgan fingerprint density at radius 2 is 1.96 bits per heavy atom. The van der Waals surface area contributed by atoms with Crippen molar-refractivity contribution in [1.29, 1.82) is 0 Å². The van der Waals surface area contributed by atoms with Gasteiger partial charge in [0.25, 0.3) is 0 Å². The number of amides is 1. The molecule has 1 amide bonds. The van der Waals surface area contributed by atoms with Gasteiger partial charge in [-0.05, 0) is 42.8 Å². The molecule has 0 radical (unpaired) electrons. The van der Waals surface area contributed by atoms with Crippen LogP contribution in [0.2, 0.25) is 0 Å². The minimum atomic E-state index is -3.08. The molecule has 1 aromatic heterocycles. The average Bonchev–Trinajstić information content (AvgIpc) is 3.19. The van der Waals surface area contributed by atoms with Gasteiger partial charge in [-0.25, -0.2) is 12.8 Å². The first-order chi connectivity index (χ1) is 11.9. The molecule has 2 heterocycles. The summed E-state index contributed by atoms with van der Waals surface area (Å²) in [6.07, 6.45) is 0.766. The zero-order valence-electron chi connectivity index (χ0n) is 13.9.